The van der Waals surface area contributed by atoms with Gasteiger partial charge < -0.3 is 11.1 Å². The molecule has 0 aliphatic rings. The fraction of sp³-hybridized carbons (Fsp3) is 0.273. The minimum Gasteiger partial charge on any atom is -0.370 e. The Morgan fingerprint density at radius 2 is 1.75 bits per heavy atom. The number of nitrogens with two attached hydrogens (primary N) is 1. The van der Waals surface area contributed by atoms with E-state index >= 15 is 0 Å². The van der Waals surface area contributed by atoms with Gasteiger partial charge in [-0.1, -0.05) is 36.4 Å². The van der Waals surface area contributed by atoms with E-state index in [0.717, 1.165) is 23.9 Å². The van der Waals surface area contributed by atoms with Crippen LogP contribution in [0.4, 0.5) is 14.5 Å². The summed E-state index contributed by atoms with van der Waals surface area (Å²) in [5.41, 5.74) is 4.88. The molecule has 0 saturated carbocycles. The Labute approximate surface area is 187 Å². The molecule has 0 fully saturated rings. The van der Waals surface area contributed by atoms with Crippen LogP contribution >= 0.6 is 11.8 Å². The normalized spacial score (nSPS) is 10.9. The number of benzene rings is 2. The van der Waals surface area contributed by atoms with Gasteiger partial charge in [0.2, 0.25) is 11.8 Å². The maximum absolute atomic E-state index is 13.8. The summed E-state index contributed by atoms with van der Waals surface area (Å²) in [5, 5.41) is 3.00. The number of unbranched alkanes of at least 4 members (excludes halogenated alkanes) is 2. The number of carbonyl (C=O) groups is 2. The fourth-order valence-electron chi connectivity index (χ4n) is 3.12. The van der Waals surface area contributed by atoms with E-state index in [9.17, 15) is 23.2 Å². The molecule has 0 saturated heterocycles. The van der Waals surface area contributed by atoms with Gasteiger partial charge in [0.15, 0.2) is 5.16 Å². The molecule has 3 rings (SSSR count). The highest BCUT2D eigenvalue weighted by molar-refractivity contribution is 7.99. The van der Waals surface area contributed by atoms with E-state index in [-0.39, 0.29) is 23.6 Å². The van der Waals surface area contributed by atoms with Crippen molar-refractivity contribution in [2.45, 2.75) is 37.4 Å². The van der Waals surface area contributed by atoms with Crippen LogP contribution in [0.2, 0.25) is 0 Å². The lowest BCUT2D eigenvalue weighted by Crippen LogP contribution is -2.24. The number of aromatic nitrogens is 2. The molecule has 0 atom stereocenters. The average Bonchev–Trinajstić information content (AvgIpc) is 2.76. The molecule has 0 aliphatic carbocycles. The molecule has 3 N–H and O–H groups in total. The molecule has 10 heteroatoms. The number of rotatable bonds is 10. The molecule has 2 amide bonds. The van der Waals surface area contributed by atoms with Crippen LogP contribution in [0.5, 0.6) is 0 Å². The minimum absolute atomic E-state index is 0.194. The SMILES string of the molecule is NC(=O)CCCCCn1c(SCC(=O)Nc2c(F)cccc2F)nc2ccccc2c1=O. The first kappa shape index (κ1) is 23.4. The highest BCUT2D eigenvalue weighted by Gasteiger charge is 2.15. The number of carbonyl (C=O) groups excluding carboxylic acids is 2. The number of hydrogen-bond donors (Lipinski definition) is 2. The van der Waals surface area contributed by atoms with Crippen LogP contribution in [0.25, 0.3) is 10.9 Å². The van der Waals surface area contributed by atoms with Crippen LogP contribution in [-0.2, 0) is 16.1 Å². The van der Waals surface area contributed by atoms with Crippen molar-refractivity contribution in [3.05, 3.63) is 64.5 Å². The van der Waals surface area contributed by atoms with Crippen molar-refractivity contribution in [1.82, 2.24) is 9.55 Å². The number of halogens is 2. The number of para-hydroxylation sites is 2. The zero-order valence-corrected chi connectivity index (χ0v) is 18.0. The lowest BCUT2D eigenvalue weighted by atomic mass is 10.2. The molecule has 0 bridgehead atoms. The second-order valence-corrected chi connectivity index (χ2v) is 8.02. The third kappa shape index (κ3) is 5.91. The number of primary amides is 1. The maximum Gasteiger partial charge on any atom is 0.262 e. The fourth-order valence-corrected chi connectivity index (χ4v) is 3.95. The van der Waals surface area contributed by atoms with Gasteiger partial charge in [0.05, 0.1) is 16.7 Å². The quantitative estimate of drug-likeness (QED) is 0.274. The molecule has 1 heterocycles. The first-order valence-electron chi connectivity index (χ1n) is 10.0. The Morgan fingerprint density at radius 3 is 2.47 bits per heavy atom. The van der Waals surface area contributed by atoms with E-state index in [1.165, 1.54) is 10.6 Å². The number of amides is 2. The Balaban J connectivity index is 1.75. The van der Waals surface area contributed by atoms with Gasteiger partial charge in [-0.25, -0.2) is 13.8 Å². The molecular weight excluding hydrogens is 438 g/mol. The highest BCUT2D eigenvalue weighted by Crippen LogP contribution is 2.21. The van der Waals surface area contributed by atoms with Crippen molar-refractivity contribution in [2.24, 2.45) is 5.73 Å². The van der Waals surface area contributed by atoms with Crippen molar-refractivity contribution in [1.29, 1.82) is 0 Å². The van der Waals surface area contributed by atoms with Crippen molar-refractivity contribution in [2.75, 3.05) is 11.1 Å². The lowest BCUT2D eigenvalue weighted by molar-refractivity contribution is -0.118. The van der Waals surface area contributed by atoms with E-state index in [4.69, 9.17) is 5.73 Å². The number of hydrogen-bond acceptors (Lipinski definition) is 5. The second-order valence-electron chi connectivity index (χ2n) is 7.08. The first-order valence-corrected chi connectivity index (χ1v) is 11.0. The van der Waals surface area contributed by atoms with Crippen LogP contribution in [0.1, 0.15) is 25.7 Å². The van der Waals surface area contributed by atoms with E-state index in [1.807, 2.05) is 0 Å². The monoisotopic (exact) mass is 460 g/mol. The van der Waals surface area contributed by atoms with Gasteiger partial charge in [-0.3, -0.25) is 19.0 Å². The van der Waals surface area contributed by atoms with Crippen LogP contribution in [0.3, 0.4) is 0 Å². The van der Waals surface area contributed by atoms with Crippen LogP contribution in [-0.4, -0.2) is 27.1 Å². The van der Waals surface area contributed by atoms with Crippen LogP contribution < -0.4 is 16.6 Å². The van der Waals surface area contributed by atoms with Crippen LogP contribution in [0.15, 0.2) is 52.4 Å². The molecular formula is C22H22F2N4O3S. The summed E-state index contributed by atoms with van der Waals surface area (Å²) in [6.45, 7) is 0.349. The Hall–Kier alpha value is -3.27. The number of nitrogens with zero attached hydrogens (tertiary/aromatic N) is 2. The van der Waals surface area contributed by atoms with Gasteiger partial charge in [0.1, 0.15) is 17.3 Å². The Bertz CT molecular complexity index is 1180. The minimum atomic E-state index is -0.875. The van der Waals surface area contributed by atoms with E-state index in [1.54, 1.807) is 24.3 Å². The predicted molar refractivity (Wildman–Crippen MR) is 119 cm³/mol. The molecule has 168 valence electrons. The van der Waals surface area contributed by atoms with E-state index in [2.05, 4.69) is 10.3 Å². The third-order valence-corrected chi connectivity index (χ3v) is 5.67. The van der Waals surface area contributed by atoms with E-state index in [0.29, 0.717) is 41.9 Å². The molecule has 0 spiro atoms. The highest BCUT2D eigenvalue weighted by atomic mass is 32.2. The largest absolute Gasteiger partial charge is 0.370 e. The molecule has 0 unspecified atom stereocenters. The van der Waals surface area contributed by atoms with Crippen molar-refractivity contribution < 1.29 is 18.4 Å². The van der Waals surface area contributed by atoms with Gasteiger partial charge in [-0.05, 0) is 37.1 Å². The number of fused-ring (bicyclic) bond motifs is 1. The summed E-state index contributed by atoms with van der Waals surface area (Å²) < 4.78 is 29.0. The summed E-state index contributed by atoms with van der Waals surface area (Å²) in [6.07, 6.45) is 2.20. The Kier molecular flexibility index (Phi) is 7.93. The van der Waals surface area contributed by atoms with Gasteiger partial charge in [0.25, 0.3) is 5.56 Å². The van der Waals surface area contributed by atoms with E-state index < -0.39 is 23.2 Å². The number of nitrogens with one attached hydrogen (secondary N) is 1. The molecule has 32 heavy (non-hydrogen) atoms. The number of anilines is 1. The smallest absolute Gasteiger partial charge is 0.262 e. The average molecular weight is 461 g/mol. The predicted octanol–water partition coefficient (Wildman–Crippen LogP) is 3.45. The standard InChI is InChI=1S/C22H22F2N4O3S/c23-15-8-6-9-16(24)20(15)27-19(30)13-32-22-26-17-10-4-3-7-14(17)21(31)28(22)12-5-1-2-11-18(25)29/h3-4,6-10H,1-2,5,11-13H2,(H2,25,29)(H,27,30). The van der Waals surface area contributed by atoms with Crippen LogP contribution in [0, 0.1) is 11.6 Å². The lowest BCUT2D eigenvalue weighted by Gasteiger charge is -2.13. The van der Waals surface area contributed by atoms with Crippen molar-refractivity contribution in [3.63, 3.8) is 0 Å². The summed E-state index contributed by atoms with van der Waals surface area (Å²) in [5.74, 6) is -2.95. The zero-order valence-electron chi connectivity index (χ0n) is 17.1. The van der Waals surface area contributed by atoms with Gasteiger partial charge >= 0.3 is 0 Å². The second kappa shape index (κ2) is 10.9. The summed E-state index contributed by atoms with van der Waals surface area (Å²) >= 11 is 1.00. The number of thioether (sulfide) groups is 1. The molecule has 1 aromatic heterocycles. The first-order chi connectivity index (χ1) is 15.4. The molecule has 2 aromatic carbocycles. The maximum atomic E-state index is 13.8. The van der Waals surface area contributed by atoms with Crippen molar-refractivity contribution >= 4 is 40.2 Å². The zero-order chi connectivity index (χ0) is 23.1. The van der Waals surface area contributed by atoms with Gasteiger partial charge in [-0.2, -0.15) is 0 Å². The molecule has 3 aromatic rings. The van der Waals surface area contributed by atoms with Crippen molar-refractivity contribution in [3.8, 4) is 0 Å². The summed E-state index contributed by atoms with van der Waals surface area (Å²) in [7, 11) is 0. The summed E-state index contributed by atoms with van der Waals surface area (Å²) in [4.78, 5) is 40.6. The van der Waals surface area contributed by atoms with Gasteiger partial charge in [0, 0.05) is 13.0 Å². The molecule has 0 aliphatic heterocycles. The third-order valence-electron chi connectivity index (χ3n) is 4.69. The topological polar surface area (TPSA) is 107 Å². The summed E-state index contributed by atoms with van der Waals surface area (Å²) in [6, 6.07) is 10.2. The van der Waals surface area contributed by atoms with Gasteiger partial charge in [-0.15, -0.1) is 0 Å². The molecule has 0 radical (unpaired) electrons. The molecule has 7 nitrogen and oxygen atoms in total. The Morgan fingerprint density at radius 1 is 1.03 bits per heavy atom.